The Morgan fingerprint density at radius 1 is 1.15 bits per heavy atom. The third-order valence-electron chi connectivity index (χ3n) is 4.08. The van der Waals surface area contributed by atoms with E-state index < -0.39 is 11.5 Å². The molecule has 2 N–H and O–H groups in total. The van der Waals surface area contributed by atoms with Crippen molar-refractivity contribution in [2.24, 2.45) is 0 Å². The number of H-pyrrole nitrogens is 1. The molecule has 1 amide bonds. The molecule has 0 fully saturated rings. The molecule has 0 aliphatic carbocycles. The number of carbonyl (C=O) groups is 1. The molecule has 26 heavy (non-hydrogen) atoms. The van der Waals surface area contributed by atoms with Gasteiger partial charge in [-0.15, -0.1) is 11.3 Å². The second kappa shape index (κ2) is 7.66. The predicted molar refractivity (Wildman–Crippen MR) is 106 cm³/mol. The van der Waals surface area contributed by atoms with Crippen molar-refractivity contribution in [2.75, 3.05) is 5.32 Å². The molecule has 0 atom stereocenters. The molecular formula is C20H21N3O2S. The van der Waals surface area contributed by atoms with Gasteiger partial charge in [0.1, 0.15) is 5.56 Å². The zero-order valence-electron chi connectivity index (χ0n) is 15.1. The van der Waals surface area contributed by atoms with E-state index >= 15 is 0 Å². The molecule has 0 unspecified atom stereocenters. The molecule has 0 saturated carbocycles. The summed E-state index contributed by atoms with van der Waals surface area (Å²) in [5, 5.41) is 3.22. The summed E-state index contributed by atoms with van der Waals surface area (Å²) in [5.41, 5.74) is 3.57. The number of aryl methyl sites for hydroxylation is 3. The summed E-state index contributed by atoms with van der Waals surface area (Å²) in [4.78, 5) is 32.5. The van der Waals surface area contributed by atoms with Crippen molar-refractivity contribution in [1.29, 1.82) is 0 Å². The molecule has 0 bridgehead atoms. The van der Waals surface area contributed by atoms with Crippen LogP contribution in [-0.4, -0.2) is 15.9 Å². The first kappa shape index (κ1) is 18.1. The number of pyridine rings is 1. The largest absolute Gasteiger partial charge is 0.326 e. The van der Waals surface area contributed by atoms with Crippen LogP contribution in [0.4, 0.5) is 5.13 Å². The van der Waals surface area contributed by atoms with Crippen molar-refractivity contribution in [2.45, 2.75) is 33.6 Å². The van der Waals surface area contributed by atoms with Crippen LogP contribution in [0.2, 0.25) is 0 Å². The summed E-state index contributed by atoms with van der Waals surface area (Å²) in [7, 11) is 0. The van der Waals surface area contributed by atoms with Crippen LogP contribution in [0.25, 0.3) is 11.3 Å². The summed E-state index contributed by atoms with van der Waals surface area (Å²) >= 11 is 1.40. The van der Waals surface area contributed by atoms with Crippen molar-refractivity contribution in [3.63, 3.8) is 0 Å². The molecule has 0 saturated heterocycles. The third kappa shape index (κ3) is 3.91. The number of amides is 1. The predicted octanol–water partition coefficient (Wildman–Crippen LogP) is 4.32. The highest BCUT2D eigenvalue weighted by Gasteiger charge is 2.15. The van der Waals surface area contributed by atoms with Gasteiger partial charge >= 0.3 is 0 Å². The van der Waals surface area contributed by atoms with Crippen molar-refractivity contribution < 1.29 is 4.79 Å². The molecule has 0 aliphatic rings. The molecule has 0 radical (unpaired) electrons. The Kier molecular flexibility index (Phi) is 5.32. The van der Waals surface area contributed by atoms with Crippen LogP contribution in [0.15, 0.2) is 41.2 Å². The normalized spacial score (nSPS) is 10.7. The van der Waals surface area contributed by atoms with Gasteiger partial charge in [-0.2, -0.15) is 0 Å². The van der Waals surface area contributed by atoms with E-state index in [1.807, 2.05) is 6.92 Å². The highest BCUT2D eigenvalue weighted by molar-refractivity contribution is 7.16. The van der Waals surface area contributed by atoms with Gasteiger partial charge in [-0.1, -0.05) is 37.6 Å². The number of anilines is 1. The van der Waals surface area contributed by atoms with Gasteiger partial charge in [0.25, 0.3) is 11.5 Å². The van der Waals surface area contributed by atoms with Gasteiger partial charge in [0.15, 0.2) is 5.13 Å². The first-order valence-electron chi connectivity index (χ1n) is 8.56. The van der Waals surface area contributed by atoms with Gasteiger partial charge < -0.3 is 4.98 Å². The summed E-state index contributed by atoms with van der Waals surface area (Å²) in [6.07, 6.45) is 2.17. The second-order valence-corrected chi connectivity index (χ2v) is 7.41. The fourth-order valence-electron chi connectivity index (χ4n) is 2.75. The minimum atomic E-state index is -0.454. The maximum Gasteiger partial charge on any atom is 0.263 e. The number of aromatic nitrogens is 2. The SMILES string of the molecule is CCCc1ccc(-c2nc(NC(=O)c3ccc(C)[nH]c3=O)sc2C)cc1. The number of hydrogen-bond donors (Lipinski definition) is 2. The number of thiazole rings is 1. The number of aromatic amines is 1. The van der Waals surface area contributed by atoms with E-state index in [0.29, 0.717) is 10.8 Å². The molecule has 2 aromatic heterocycles. The fourth-order valence-corrected chi connectivity index (χ4v) is 3.58. The number of carbonyl (C=O) groups excluding carboxylic acids is 1. The lowest BCUT2D eigenvalue weighted by Gasteiger charge is -2.02. The van der Waals surface area contributed by atoms with Gasteiger partial charge in [-0.3, -0.25) is 14.9 Å². The maximum absolute atomic E-state index is 12.4. The third-order valence-corrected chi connectivity index (χ3v) is 4.97. The average molecular weight is 367 g/mol. The molecule has 0 aliphatic heterocycles. The Morgan fingerprint density at radius 2 is 1.88 bits per heavy atom. The van der Waals surface area contributed by atoms with Crippen LogP contribution in [-0.2, 0) is 6.42 Å². The van der Waals surface area contributed by atoms with Crippen LogP contribution >= 0.6 is 11.3 Å². The Hall–Kier alpha value is -2.73. The van der Waals surface area contributed by atoms with Crippen LogP contribution in [0.3, 0.4) is 0 Å². The zero-order valence-corrected chi connectivity index (χ0v) is 15.9. The van der Waals surface area contributed by atoms with Gasteiger partial charge in [0.05, 0.1) is 5.69 Å². The number of hydrogen-bond acceptors (Lipinski definition) is 4. The van der Waals surface area contributed by atoms with E-state index in [0.717, 1.165) is 29.0 Å². The van der Waals surface area contributed by atoms with Crippen molar-refractivity contribution >= 4 is 22.4 Å². The highest BCUT2D eigenvalue weighted by atomic mass is 32.1. The summed E-state index contributed by atoms with van der Waals surface area (Å²) in [5.74, 6) is -0.454. The number of nitrogens with one attached hydrogen (secondary N) is 2. The minimum Gasteiger partial charge on any atom is -0.326 e. The van der Waals surface area contributed by atoms with Crippen molar-refractivity contribution in [3.05, 3.63) is 68.4 Å². The summed E-state index contributed by atoms with van der Waals surface area (Å²) in [6, 6.07) is 11.6. The Bertz CT molecular complexity index is 987. The Morgan fingerprint density at radius 3 is 2.54 bits per heavy atom. The average Bonchev–Trinajstić information content (AvgIpc) is 2.96. The molecule has 5 nitrogen and oxygen atoms in total. The molecule has 3 aromatic rings. The summed E-state index contributed by atoms with van der Waals surface area (Å²) < 4.78 is 0. The molecule has 1 aromatic carbocycles. The van der Waals surface area contributed by atoms with Crippen LogP contribution in [0.1, 0.15) is 39.8 Å². The molecular weight excluding hydrogens is 346 g/mol. The van der Waals surface area contributed by atoms with Gasteiger partial charge in [0.2, 0.25) is 0 Å². The first-order chi connectivity index (χ1) is 12.5. The minimum absolute atomic E-state index is 0.0777. The lowest BCUT2D eigenvalue weighted by molar-refractivity contribution is 0.102. The van der Waals surface area contributed by atoms with Gasteiger partial charge in [-0.25, -0.2) is 4.98 Å². The van der Waals surface area contributed by atoms with E-state index in [9.17, 15) is 9.59 Å². The van der Waals surface area contributed by atoms with Crippen LogP contribution in [0.5, 0.6) is 0 Å². The van der Waals surface area contributed by atoms with E-state index in [1.165, 1.54) is 23.0 Å². The van der Waals surface area contributed by atoms with E-state index in [2.05, 4.69) is 46.5 Å². The van der Waals surface area contributed by atoms with Gasteiger partial charge in [0, 0.05) is 16.1 Å². The maximum atomic E-state index is 12.4. The number of benzene rings is 1. The molecule has 6 heteroatoms. The first-order valence-corrected chi connectivity index (χ1v) is 9.37. The smallest absolute Gasteiger partial charge is 0.263 e. The molecule has 0 spiro atoms. The Labute approximate surface area is 156 Å². The fraction of sp³-hybridized carbons (Fsp3) is 0.250. The second-order valence-electron chi connectivity index (χ2n) is 6.21. The van der Waals surface area contributed by atoms with E-state index in [1.54, 1.807) is 13.0 Å². The van der Waals surface area contributed by atoms with Crippen LogP contribution < -0.4 is 10.9 Å². The molecule has 3 rings (SSSR count). The monoisotopic (exact) mass is 367 g/mol. The standard InChI is InChI=1S/C20H21N3O2S/c1-4-5-14-7-9-15(10-8-14)17-13(3)26-20(22-17)23-19(25)16-11-6-12(2)21-18(16)24/h6-11H,4-5H2,1-3H3,(H,21,24)(H,22,23,25). The van der Waals surface area contributed by atoms with Crippen molar-refractivity contribution in [1.82, 2.24) is 9.97 Å². The lowest BCUT2D eigenvalue weighted by Crippen LogP contribution is -2.23. The van der Waals surface area contributed by atoms with Gasteiger partial charge in [-0.05, 0) is 38.0 Å². The van der Waals surface area contributed by atoms with E-state index in [4.69, 9.17) is 0 Å². The Balaban J connectivity index is 1.81. The lowest BCUT2D eigenvalue weighted by atomic mass is 10.1. The topological polar surface area (TPSA) is 74.8 Å². The van der Waals surface area contributed by atoms with E-state index in [-0.39, 0.29) is 5.56 Å². The summed E-state index contributed by atoms with van der Waals surface area (Å²) in [6.45, 7) is 5.90. The quantitative estimate of drug-likeness (QED) is 0.705. The zero-order chi connectivity index (χ0) is 18.7. The number of nitrogens with zero attached hydrogens (tertiary/aromatic N) is 1. The highest BCUT2D eigenvalue weighted by Crippen LogP contribution is 2.30. The molecule has 2 heterocycles. The van der Waals surface area contributed by atoms with Crippen LogP contribution in [0, 0.1) is 13.8 Å². The molecule has 134 valence electrons. The number of rotatable bonds is 5. The van der Waals surface area contributed by atoms with Crippen molar-refractivity contribution in [3.8, 4) is 11.3 Å².